The van der Waals surface area contributed by atoms with Gasteiger partial charge in [0.05, 0.1) is 12.8 Å². The highest BCUT2D eigenvalue weighted by Crippen LogP contribution is 2.29. The van der Waals surface area contributed by atoms with Gasteiger partial charge in [-0.2, -0.15) is 0 Å². The molecule has 86 valence electrons. The minimum atomic E-state index is 0.652. The summed E-state index contributed by atoms with van der Waals surface area (Å²) in [6.45, 7) is 5.83. The van der Waals surface area contributed by atoms with Crippen molar-refractivity contribution in [3.63, 3.8) is 0 Å². The van der Waals surface area contributed by atoms with E-state index in [9.17, 15) is 0 Å². The maximum Gasteiger partial charge on any atom is 0.221 e. The Hall–Kier alpha value is -2.09. The summed E-state index contributed by atoms with van der Waals surface area (Å²) < 4.78 is 5.33. The van der Waals surface area contributed by atoms with Gasteiger partial charge in [0.2, 0.25) is 5.88 Å². The molecule has 0 radical (unpaired) electrons. The summed E-state index contributed by atoms with van der Waals surface area (Å²) in [5.41, 5.74) is 1.93. The minimum Gasteiger partial charge on any atom is -0.481 e. The van der Waals surface area contributed by atoms with Crippen LogP contribution >= 0.6 is 0 Å². The third-order valence-corrected chi connectivity index (χ3v) is 2.67. The van der Waals surface area contributed by atoms with Gasteiger partial charge in [0.25, 0.3) is 0 Å². The molecule has 0 fully saturated rings. The third kappa shape index (κ3) is 1.94. The van der Waals surface area contributed by atoms with Crippen LogP contribution < -0.4 is 4.74 Å². The van der Waals surface area contributed by atoms with E-state index in [1.54, 1.807) is 7.11 Å². The van der Waals surface area contributed by atoms with Crippen molar-refractivity contribution >= 4 is 22.9 Å². The number of hydrogen-bond donors (Lipinski definition) is 0. The molecule has 2 nitrogen and oxygen atoms in total. The van der Waals surface area contributed by atoms with Crippen LogP contribution in [0.15, 0.2) is 36.9 Å². The Labute approximate surface area is 101 Å². The molecule has 0 aliphatic carbocycles. The smallest absolute Gasteiger partial charge is 0.221 e. The van der Waals surface area contributed by atoms with E-state index in [0.29, 0.717) is 5.88 Å². The van der Waals surface area contributed by atoms with Crippen LogP contribution in [0, 0.1) is 0 Å². The van der Waals surface area contributed by atoms with Crippen LogP contribution in [-0.4, -0.2) is 12.1 Å². The van der Waals surface area contributed by atoms with Gasteiger partial charge in [-0.1, -0.05) is 36.9 Å². The number of aromatic nitrogens is 1. The molecule has 0 spiro atoms. The van der Waals surface area contributed by atoms with Crippen LogP contribution in [-0.2, 0) is 0 Å². The second-order valence-electron chi connectivity index (χ2n) is 3.67. The van der Waals surface area contributed by atoms with E-state index in [2.05, 4.69) is 17.6 Å². The molecule has 0 aliphatic rings. The molecule has 0 amide bonds. The number of pyridine rings is 1. The molecular weight excluding hydrogens is 210 g/mol. The fraction of sp³-hybridized carbons (Fsp3) is 0.133. The average Bonchev–Trinajstić information content (AvgIpc) is 2.38. The normalized spacial score (nSPS) is 10.9. The quantitative estimate of drug-likeness (QED) is 0.789. The molecule has 1 aromatic heterocycles. The van der Waals surface area contributed by atoms with Gasteiger partial charge in [0.1, 0.15) is 0 Å². The van der Waals surface area contributed by atoms with Crippen molar-refractivity contribution < 1.29 is 4.74 Å². The Morgan fingerprint density at radius 3 is 2.53 bits per heavy atom. The molecule has 2 rings (SSSR count). The predicted octanol–water partition coefficient (Wildman–Crippen LogP) is 3.92. The molecule has 0 saturated heterocycles. The lowest BCUT2D eigenvalue weighted by Gasteiger charge is -2.10. The Bertz CT molecular complexity index is 585. The summed E-state index contributed by atoms with van der Waals surface area (Å²) in [5.74, 6) is 0.652. The van der Waals surface area contributed by atoms with Gasteiger partial charge < -0.3 is 4.74 Å². The van der Waals surface area contributed by atoms with E-state index in [-0.39, 0.29) is 0 Å². The Balaban J connectivity index is 2.88. The van der Waals surface area contributed by atoms with E-state index < -0.39 is 0 Å². The summed E-state index contributed by atoms with van der Waals surface area (Å²) in [7, 11) is 1.64. The van der Waals surface area contributed by atoms with Crippen molar-refractivity contribution in [2.75, 3.05) is 7.11 Å². The van der Waals surface area contributed by atoms with Gasteiger partial charge in [-0.15, -0.1) is 0 Å². The number of methoxy groups -OCH3 is 1. The Morgan fingerprint density at radius 2 is 1.94 bits per heavy atom. The largest absolute Gasteiger partial charge is 0.481 e. The Morgan fingerprint density at radius 1 is 1.24 bits per heavy atom. The van der Waals surface area contributed by atoms with E-state index >= 15 is 0 Å². The van der Waals surface area contributed by atoms with Gasteiger partial charge >= 0.3 is 0 Å². The lowest BCUT2D eigenvalue weighted by Crippen LogP contribution is -1.95. The predicted molar refractivity (Wildman–Crippen MR) is 73.1 cm³/mol. The lowest BCUT2D eigenvalue weighted by atomic mass is 10.0. The molecule has 0 bridgehead atoms. The second-order valence-corrected chi connectivity index (χ2v) is 3.67. The number of allylic oxidation sites excluding steroid dienone is 1. The van der Waals surface area contributed by atoms with Crippen molar-refractivity contribution in [1.29, 1.82) is 0 Å². The first-order valence-electron chi connectivity index (χ1n) is 5.53. The average molecular weight is 225 g/mol. The molecule has 2 aromatic rings. The van der Waals surface area contributed by atoms with Crippen LogP contribution in [0.1, 0.15) is 18.2 Å². The first-order valence-corrected chi connectivity index (χ1v) is 5.53. The first-order chi connectivity index (χ1) is 8.31. The highest BCUT2D eigenvalue weighted by Gasteiger charge is 2.09. The molecule has 0 saturated carbocycles. The second kappa shape index (κ2) is 4.83. The standard InChI is InChI=1S/C15H15NO/c1-4-8-14-11(5-2)12-9-6-7-10-13(12)15(16-14)17-3/h4-10H,2H2,1,3H3/b8-4-. The van der Waals surface area contributed by atoms with Crippen LogP contribution in [0.25, 0.3) is 22.9 Å². The van der Waals surface area contributed by atoms with E-state index in [1.807, 2.05) is 43.4 Å². The minimum absolute atomic E-state index is 0.652. The van der Waals surface area contributed by atoms with Crippen LogP contribution in [0.4, 0.5) is 0 Å². The van der Waals surface area contributed by atoms with Gasteiger partial charge in [-0.25, -0.2) is 4.98 Å². The third-order valence-electron chi connectivity index (χ3n) is 2.67. The highest BCUT2D eigenvalue weighted by molar-refractivity contribution is 5.95. The molecule has 0 N–H and O–H groups in total. The zero-order chi connectivity index (χ0) is 12.3. The van der Waals surface area contributed by atoms with Crippen molar-refractivity contribution in [3.05, 3.63) is 48.2 Å². The molecule has 17 heavy (non-hydrogen) atoms. The van der Waals surface area contributed by atoms with Crippen LogP contribution in [0.3, 0.4) is 0 Å². The number of hydrogen-bond acceptors (Lipinski definition) is 2. The van der Waals surface area contributed by atoms with Crippen LogP contribution in [0.5, 0.6) is 5.88 Å². The fourth-order valence-corrected chi connectivity index (χ4v) is 1.93. The summed E-state index contributed by atoms with van der Waals surface area (Å²) in [6.07, 6.45) is 5.76. The monoisotopic (exact) mass is 225 g/mol. The van der Waals surface area contributed by atoms with Gasteiger partial charge in [-0.3, -0.25) is 0 Å². The molecule has 0 aliphatic heterocycles. The number of ether oxygens (including phenoxy) is 1. The summed E-state index contributed by atoms with van der Waals surface area (Å²) >= 11 is 0. The zero-order valence-corrected chi connectivity index (χ0v) is 10.1. The van der Waals surface area contributed by atoms with Crippen molar-refractivity contribution in [2.45, 2.75) is 6.92 Å². The summed E-state index contributed by atoms with van der Waals surface area (Å²) in [6, 6.07) is 8.06. The molecule has 0 unspecified atom stereocenters. The molecule has 2 heteroatoms. The molecular formula is C15H15NO. The van der Waals surface area contributed by atoms with Crippen molar-refractivity contribution in [2.24, 2.45) is 0 Å². The van der Waals surface area contributed by atoms with E-state index in [1.165, 1.54) is 0 Å². The summed E-state index contributed by atoms with van der Waals surface area (Å²) in [5, 5.41) is 2.13. The van der Waals surface area contributed by atoms with Crippen molar-refractivity contribution in [1.82, 2.24) is 4.98 Å². The molecule has 0 atom stereocenters. The number of nitrogens with zero attached hydrogens (tertiary/aromatic N) is 1. The maximum atomic E-state index is 5.33. The van der Waals surface area contributed by atoms with E-state index in [0.717, 1.165) is 22.0 Å². The zero-order valence-electron chi connectivity index (χ0n) is 10.1. The number of rotatable bonds is 3. The molecule has 1 aromatic carbocycles. The number of benzene rings is 1. The van der Waals surface area contributed by atoms with Gasteiger partial charge in [0.15, 0.2) is 0 Å². The Kier molecular flexibility index (Phi) is 3.24. The topological polar surface area (TPSA) is 22.1 Å². The number of fused-ring (bicyclic) bond motifs is 1. The summed E-state index contributed by atoms with van der Waals surface area (Å²) in [4.78, 5) is 4.50. The lowest BCUT2D eigenvalue weighted by molar-refractivity contribution is 0.403. The highest BCUT2D eigenvalue weighted by atomic mass is 16.5. The SMILES string of the molecule is C=Cc1c(/C=C\C)nc(OC)c2ccccc12. The van der Waals surface area contributed by atoms with Gasteiger partial charge in [-0.05, 0) is 24.5 Å². The maximum absolute atomic E-state index is 5.33. The van der Waals surface area contributed by atoms with Crippen LogP contribution in [0.2, 0.25) is 0 Å². The van der Waals surface area contributed by atoms with Gasteiger partial charge in [0, 0.05) is 10.9 Å². The van der Waals surface area contributed by atoms with Crippen molar-refractivity contribution in [3.8, 4) is 5.88 Å². The first kappa shape index (κ1) is 11.4. The molecule has 1 heterocycles. The fourth-order valence-electron chi connectivity index (χ4n) is 1.93. The van der Waals surface area contributed by atoms with E-state index in [4.69, 9.17) is 4.74 Å².